The molecule has 5 aromatic carbocycles. The number of benzene rings is 5. The van der Waals surface area contributed by atoms with Gasteiger partial charge in [0.05, 0.1) is 40.0 Å². The smallest absolute Gasteiger partial charge is 0.343 e. The van der Waals surface area contributed by atoms with Crippen molar-refractivity contribution in [2.75, 3.05) is 27.3 Å². The predicted octanol–water partition coefficient (Wildman–Crippen LogP) is 7.00. The molecular weight excluding hydrogens is 817 g/mol. The number of fused-ring (bicyclic) bond motifs is 2. The lowest BCUT2D eigenvalue weighted by molar-refractivity contribution is -0.142. The van der Waals surface area contributed by atoms with E-state index >= 15 is 0 Å². The summed E-state index contributed by atoms with van der Waals surface area (Å²) in [7, 11) is 1.26. The Balaban J connectivity index is 0.000000240. The third kappa shape index (κ3) is 10.2. The van der Waals surface area contributed by atoms with Crippen LogP contribution in [0.2, 0.25) is 0 Å². The van der Waals surface area contributed by atoms with Crippen LogP contribution < -0.4 is 20.9 Å². The molecule has 2 aromatic heterocycles. The Kier molecular flexibility index (Phi) is 16.3. The molecule has 0 atom stereocenters. The summed E-state index contributed by atoms with van der Waals surface area (Å²) in [5, 5.41) is 9.89. The van der Waals surface area contributed by atoms with E-state index in [9.17, 15) is 24.0 Å². The highest BCUT2D eigenvalue weighted by atomic mass is 16.7. The molecule has 0 fully saturated rings. The summed E-state index contributed by atoms with van der Waals surface area (Å²) < 4.78 is 24.8. The average molecular weight is 869 g/mol. The van der Waals surface area contributed by atoms with E-state index in [4.69, 9.17) is 30.8 Å². The van der Waals surface area contributed by atoms with Crippen LogP contribution in [0.3, 0.4) is 0 Å². The molecule has 14 nitrogen and oxygen atoms in total. The van der Waals surface area contributed by atoms with Crippen LogP contribution in [0.5, 0.6) is 11.5 Å². The number of carbonyl (C=O) groups is 5. The van der Waals surface area contributed by atoms with Crippen molar-refractivity contribution in [3.05, 3.63) is 155 Å². The van der Waals surface area contributed by atoms with Gasteiger partial charge >= 0.3 is 5.97 Å². The maximum Gasteiger partial charge on any atom is 0.343 e. The number of rotatable bonds is 18. The number of carbonyl (C=O) groups excluding carboxylic acids is 5. The molecule has 0 aliphatic rings. The predicted molar refractivity (Wildman–Crippen MR) is 244 cm³/mol. The molecule has 2 amide bonds. The number of nitrogens with two attached hydrogens (primary N) is 2. The SMILES string of the molecule is C.CCc1c(C(=O)C(N)=O)c2c(OCC(=O)OC)cccc2n1Cc1ccccc1.CCc1c(C(=O)C(N)=O)c2c(OCOCO)cccc2n1Cc1ccccc1-c1ccccc1. The Morgan fingerprint density at radius 1 is 0.609 bits per heavy atom. The number of aromatic nitrogens is 2. The zero-order valence-electron chi connectivity index (χ0n) is 35.2. The van der Waals surface area contributed by atoms with E-state index in [2.05, 4.69) is 29.0 Å². The van der Waals surface area contributed by atoms with E-state index in [0.29, 0.717) is 59.6 Å². The summed E-state index contributed by atoms with van der Waals surface area (Å²) >= 11 is 0. The van der Waals surface area contributed by atoms with Gasteiger partial charge < -0.3 is 44.7 Å². The van der Waals surface area contributed by atoms with E-state index < -0.39 is 36.1 Å². The van der Waals surface area contributed by atoms with Crippen molar-refractivity contribution < 1.29 is 48.0 Å². The minimum absolute atomic E-state index is 0. The van der Waals surface area contributed by atoms with Crippen molar-refractivity contribution in [2.24, 2.45) is 11.5 Å². The Bertz CT molecular complexity index is 2780. The van der Waals surface area contributed by atoms with Crippen LogP contribution >= 0.6 is 0 Å². The first-order valence-electron chi connectivity index (χ1n) is 20.2. The number of primary amides is 2. The Labute approximate surface area is 370 Å². The van der Waals surface area contributed by atoms with Gasteiger partial charge in [-0.3, -0.25) is 19.2 Å². The lowest BCUT2D eigenvalue weighted by Gasteiger charge is -2.15. The van der Waals surface area contributed by atoms with E-state index in [1.165, 1.54) is 7.11 Å². The van der Waals surface area contributed by atoms with E-state index in [-0.39, 0.29) is 32.0 Å². The number of esters is 1. The third-order valence-electron chi connectivity index (χ3n) is 10.5. The fourth-order valence-electron chi connectivity index (χ4n) is 7.75. The van der Waals surface area contributed by atoms with Crippen molar-refractivity contribution >= 4 is 51.2 Å². The summed E-state index contributed by atoms with van der Waals surface area (Å²) in [6.45, 7) is 3.80. The van der Waals surface area contributed by atoms with Crippen molar-refractivity contribution in [1.29, 1.82) is 0 Å². The number of nitrogens with zero attached hydrogens (tertiary/aromatic N) is 2. The van der Waals surface area contributed by atoms with E-state index in [1.54, 1.807) is 18.2 Å². The molecule has 5 N–H and O–H groups in total. The summed E-state index contributed by atoms with van der Waals surface area (Å²) in [4.78, 5) is 60.9. The van der Waals surface area contributed by atoms with Crippen LogP contribution in [-0.2, 0) is 49.8 Å². The minimum atomic E-state index is -1.04. The van der Waals surface area contributed by atoms with Crippen molar-refractivity contribution in [3.8, 4) is 22.6 Å². The molecule has 0 bridgehead atoms. The van der Waals surface area contributed by atoms with Gasteiger partial charge in [-0.15, -0.1) is 0 Å². The highest BCUT2D eigenvalue weighted by Gasteiger charge is 2.29. The molecule has 0 unspecified atom stereocenters. The highest BCUT2D eigenvalue weighted by Crippen LogP contribution is 2.37. The molecule has 0 saturated carbocycles. The van der Waals surface area contributed by atoms with Gasteiger partial charge in [0.2, 0.25) is 0 Å². The number of hydrogen-bond donors (Lipinski definition) is 3. The molecule has 64 heavy (non-hydrogen) atoms. The van der Waals surface area contributed by atoms with E-state index in [0.717, 1.165) is 33.3 Å². The fraction of sp³-hybridized carbons (Fsp3) is 0.220. The van der Waals surface area contributed by atoms with Gasteiger partial charge in [0.25, 0.3) is 23.4 Å². The second-order valence-corrected chi connectivity index (χ2v) is 14.2. The number of Topliss-reactive ketones (excluding diaryl/α,β-unsaturated/α-hetero) is 2. The van der Waals surface area contributed by atoms with Crippen LogP contribution in [-0.4, -0.2) is 70.9 Å². The summed E-state index contributed by atoms with van der Waals surface area (Å²) in [6.07, 6.45) is 1.01. The quantitative estimate of drug-likeness (QED) is 0.0265. The van der Waals surface area contributed by atoms with Gasteiger partial charge in [0.1, 0.15) is 18.3 Å². The van der Waals surface area contributed by atoms with Gasteiger partial charge in [-0.2, -0.15) is 0 Å². The molecule has 2 heterocycles. The van der Waals surface area contributed by atoms with Gasteiger partial charge in [-0.1, -0.05) is 118 Å². The van der Waals surface area contributed by atoms with Gasteiger partial charge in [0, 0.05) is 24.5 Å². The first-order valence-corrected chi connectivity index (χ1v) is 20.2. The number of aliphatic hydroxyl groups is 1. The molecule has 332 valence electrons. The standard InChI is InChI=1S/C27H26N2O5.C22H22N2O5.CH4/c1-2-21-25(26(31)27(28)32)24-22(13-8-14-23(24)34-17-33-16-30)29(21)15-19-11-6-7-12-20(19)18-9-4-3-5-10-18;1-3-15-20(21(26)22(23)27)19-16(24(15)12-14-8-5-4-6-9-14)10-7-11-17(19)29-13-18(25)28-2;/h3-14,30H,2,15-17H2,1H3,(H2,28,32);4-11H,3,12-13H2,1-2H3,(H2,23,27);1H4. The lowest BCUT2D eigenvalue weighted by atomic mass is 9.99. The fourth-order valence-corrected chi connectivity index (χ4v) is 7.75. The number of methoxy groups -OCH3 is 1. The van der Waals surface area contributed by atoms with Crippen LogP contribution in [0.4, 0.5) is 0 Å². The average Bonchev–Trinajstić information content (AvgIpc) is 3.80. The second-order valence-electron chi connectivity index (χ2n) is 14.2. The molecule has 0 radical (unpaired) electrons. The van der Waals surface area contributed by atoms with Gasteiger partial charge in [-0.05, 0) is 59.4 Å². The molecular formula is C50H52N4O10. The van der Waals surface area contributed by atoms with Crippen molar-refractivity contribution in [1.82, 2.24) is 9.13 Å². The zero-order chi connectivity index (χ0) is 45.0. The molecule has 14 heteroatoms. The summed E-state index contributed by atoms with van der Waals surface area (Å²) in [6, 6.07) is 38.6. The number of ketones is 2. The number of hydrogen-bond acceptors (Lipinski definition) is 10. The second kappa shape index (κ2) is 22.0. The Morgan fingerprint density at radius 2 is 1.11 bits per heavy atom. The van der Waals surface area contributed by atoms with Crippen molar-refractivity contribution in [2.45, 2.75) is 47.2 Å². The number of amides is 2. The van der Waals surface area contributed by atoms with E-state index in [1.807, 2.05) is 102 Å². The molecule has 7 aromatic rings. The molecule has 0 aliphatic heterocycles. The van der Waals surface area contributed by atoms with Crippen LogP contribution in [0.25, 0.3) is 32.9 Å². The highest BCUT2D eigenvalue weighted by molar-refractivity contribution is 6.45. The van der Waals surface area contributed by atoms with Crippen molar-refractivity contribution in [3.63, 3.8) is 0 Å². The monoisotopic (exact) mass is 868 g/mol. The first-order chi connectivity index (χ1) is 30.5. The van der Waals surface area contributed by atoms with Gasteiger partial charge in [-0.25, -0.2) is 4.79 Å². The van der Waals surface area contributed by atoms with Crippen LogP contribution in [0.15, 0.2) is 121 Å². The topological polar surface area (TPSA) is 204 Å². The molecule has 0 saturated heterocycles. The maximum absolute atomic E-state index is 13.0. The Morgan fingerprint density at radius 3 is 1.62 bits per heavy atom. The minimum Gasteiger partial charge on any atom is -0.481 e. The molecule has 0 spiro atoms. The zero-order valence-corrected chi connectivity index (χ0v) is 35.2. The Hall–Kier alpha value is -7.55. The largest absolute Gasteiger partial charge is 0.481 e. The number of ether oxygens (including phenoxy) is 4. The summed E-state index contributed by atoms with van der Waals surface area (Å²) in [5.41, 5.74) is 18.3. The normalized spacial score (nSPS) is 10.7. The molecule has 7 rings (SSSR count). The maximum atomic E-state index is 13.0. The van der Waals surface area contributed by atoms with Crippen LogP contribution in [0, 0.1) is 0 Å². The molecule has 0 aliphatic carbocycles. The van der Waals surface area contributed by atoms with Crippen LogP contribution in [0.1, 0.15) is 64.5 Å². The lowest BCUT2D eigenvalue weighted by Crippen LogP contribution is -2.24. The first kappa shape index (κ1) is 47.5. The number of aliphatic hydroxyl groups excluding tert-OH is 1. The summed E-state index contributed by atoms with van der Waals surface area (Å²) in [5.74, 6) is -3.48. The van der Waals surface area contributed by atoms with Gasteiger partial charge in [0.15, 0.2) is 13.4 Å². The third-order valence-corrected chi connectivity index (χ3v) is 10.5.